The Morgan fingerprint density at radius 3 is 2.61 bits per heavy atom. The van der Waals surface area contributed by atoms with Gasteiger partial charge in [-0.05, 0) is 55.2 Å². The molecule has 0 spiro atoms. The molecule has 6 heteroatoms. The highest BCUT2D eigenvalue weighted by Gasteiger charge is 2.19. The Bertz CT molecular complexity index is 1350. The van der Waals surface area contributed by atoms with Crippen molar-refractivity contribution in [3.05, 3.63) is 106 Å². The molecule has 0 bridgehead atoms. The number of benzene rings is 2. The number of anilines is 1. The largest absolute Gasteiger partial charge is 0.487 e. The van der Waals surface area contributed by atoms with Gasteiger partial charge in [0.25, 0.3) is 5.56 Å². The molecule has 0 aliphatic heterocycles. The third-order valence-corrected chi connectivity index (χ3v) is 5.63. The van der Waals surface area contributed by atoms with Gasteiger partial charge in [-0.2, -0.15) is 0 Å². The van der Waals surface area contributed by atoms with Crippen molar-refractivity contribution in [2.75, 3.05) is 5.32 Å². The lowest BCUT2D eigenvalue weighted by atomic mass is 9.95. The highest BCUT2D eigenvalue weighted by atomic mass is 16.5. The quantitative estimate of drug-likeness (QED) is 0.437. The van der Waals surface area contributed by atoms with Crippen LogP contribution in [0.1, 0.15) is 41.6 Å². The molecule has 1 amide bonds. The first-order valence-electron chi connectivity index (χ1n) is 11.0. The van der Waals surface area contributed by atoms with E-state index in [1.807, 2.05) is 81.4 Å². The number of hydrogen-bond acceptors (Lipinski definition) is 4. The normalized spacial score (nSPS) is 11.8. The maximum Gasteiger partial charge on any atom is 0.258 e. The number of amides is 1. The van der Waals surface area contributed by atoms with Crippen molar-refractivity contribution >= 4 is 17.2 Å². The Kier molecular flexibility index (Phi) is 6.54. The van der Waals surface area contributed by atoms with E-state index in [0.717, 1.165) is 16.7 Å². The number of carbonyl (C=O) groups is 1. The van der Waals surface area contributed by atoms with E-state index < -0.39 is 0 Å². The molecule has 0 radical (unpaired) electrons. The van der Waals surface area contributed by atoms with Gasteiger partial charge in [-0.25, -0.2) is 4.98 Å². The molecular formula is C27H27N3O3. The van der Waals surface area contributed by atoms with Crippen LogP contribution in [-0.2, 0) is 11.4 Å². The summed E-state index contributed by atoms with van der Waals surface area (Å²) >= 11 is 0. The number of ether oxygens (including phenoxy) is 1. The van der Waals surface area contributed by atoms with Crippen LogP contribution in [0.4, 0.5) is 5.69 Å². The molecule has 4 aromatic rings. The SMILES string of the molecule is CCC(C(=O)Nc1ccc(C)c(OCc2cc(=O)n3ccc(C)cc3n2)c1)c1ccccc1. The molecule has 168 valence electrons. The second-order valence-corrected chi connectivity index (χ2v) is 8.15. The molecule has 0 saturated heterocycles. The zero-order valence-electron chi connectivity index (χ0n) is 19.0. The lowest BCUT2D eigenvalue weighted by molar-refractivity contribution is -0.117. The fourth-order valence-corrected chi connectivity index (χ4v) is 3.80. The van der Waals surface area contributed by atoms with Gasteiger partial charge in [0.05, 0.1) is 11.6 Å². The summed E-state index contributed by atoms with van der Waals surface area (Å²) in [6, 6.07) is 20.6. The molecule has 6 nitrogen and oxygen atoms in total. The molecule has 0 aliphatic carbocycles. The smallest absolute Gasteiger partial charge is 0.258 e. The van der Waals surface area contributed by atoms with Crippen LogP contribution in [0.25, 0.3) is 5.65 Å². The Morgan fingerprint density at radius 2 is 1.85 bits per heavy atom. The molecular weight excluding hydrogens is 414 g/mol. The summed E-state index contributed by atoms with van der Waals surface area (Å²) in [7, 11) is 0. The maximum atomic E-state index is 12.9. The molecule has 1 atom stereocenters. The van der Waals surface area contributed by atoms with Gasteiger partial charge < -0.3 is 10.1 Å². The molecule has 2 aromatic heterocycles. The molecule has 1 unspecified atom stereocenters. The minimum atomic E-state index is -0.227. The minimum Gasteiger partial charge on any atom is -0.487 e. The van der Waals surface area contributed by atoms with Crippen LogP contribution in [0.15, 0.2) is 77.7 Å². The van der Waals surface area contributed by atoms with E-state index in [2.05, 4.69) is 10.3 Å². The number of pyridine rings is 1. The van der Waals surface area contributed by atoms with Gasteiger partial charge in [-0.3, -0.25) is 14.0 Å². The van der Waals surface area contributed by atoms with Crippen molar-refractivity contribution in [1.82, 2.24) is 9.38 Å². The van der Waals surface area contributed by atoms with Gasteiger partial charge >= 0.3 is 0 Å². The van der Waals surface area contributed by atoms with Crippen molar-refractivity contribution in [2.24, 2.45) is 0 Å². The van der Waals surface area contributed by atoms with Gasteiger partial charge in [0.1, 0.15) is 18.0 Å². The summed E-state index contributed by atoms with van der Waals surface area (Å²) in [6.45, 7) is 6.05. The summed E-state index contributed by atoms with van der Waals surface area (Å²) in [5, 5.41) is 3.01. The predicted octanol–water partition coefficient (Wildman–Crippen LogP) is 5.02. The Balaban J connectivity index is 1.50. The second-order valence-electron chi connectivity index (χ2n) is 8.15. The van der Waals surface area contributed by atoms with Crippen molar-refractivity contribution in [1.29, 1.82) is 0 Å². The summed E-state index contributed by atoms with van der Waals surface area (Å²) < 4.78 is 7.50. The van der Waals surface area contributed by atoms with Gasteiger partial charge in [-0.15, -0.1) is 0 Å². The predicted molar refractivity (Wildman–Crippen MR) is 130 cm³/mol. The van der Waals surface area contributed by atoms with Gasteiger partial charge in [0.15, 0.2) is 0 Å². The third-order valence-electron chi connectivity index (χ3n) is 5.63. The maximum absolute atomic E-state index is 12.9. The van der Waals surface area contributed by atoms with Crippen LogP contribution in [0, 0.1) is 13.8 Å². The van der Waals surface area contributed by atoms with Crippen molar-refractivity contribution < 1.29 is 9.53 Å². The number of nitrogens with one attached hydrogen (secondary N) is 1. The minimum absolute atomic E-state index is 0.0573. The number of carbonyl (C=O) groups excluding carboxylic acids is 1. The molecule has 2 aromatic carbocycles. The highest BCUT2D eigenvalue weighted by Crippen LogP contribution is 2.26. The van der Waals surface area contributed by atoms with E-state index in [1.165, 1.54) is 10.5 Å². The topological polar surface area (TPSA) is 72.7 Å². The van der Waals surface area contributed by atoms with E-state index in [1.54, 1.807) is 6.20 Å². The van der Waals surface area contributed by atoms with Gasteiger partial charge in [-0.1, -0.05) is 43.3 Å². The number of fused-ring (bicyclic) bond motifs is 1. The number of aromatic nitrogens is 2. The van der Waals surface area contributed by atoms with Gasteiger partial charge in [0.2, 0.25) is 5.91 Å². The lowest BCUT2D eigenvalue weighted by Crippen LogP contribution is -2.20. The van der Waals surface area contributed by atoms with Crippen LogP contribution in [0.2, 0.25) is 0 Å². The van der Waals surface area contributed by atoms with Gasteiger partial charge in [0, 0.05) is 24.0 Å². The molecule has 1 N–H and O–H groups in total. The highest BCUT2D eigenvalue weighted by molar-refractivity contribution is 5.96. The first kappa shape index (κ1) is 22.3. The van der Waals surface area contributed by atoms with Crippen molar-refractivity contribution in [2.45, 2.75) is 39.7 Å². The Hall–Kier alpha value is -3.93. The van der Waals surface area contributed by atoms with Crippen LogP contribution in [0.3, 0.4) is 0 Å². The monoisotopic (exact) mass is 441 g/mol. The summed E-state index contributed by atoms with van der Waals surface area (Å²) in [6.07, 6.45) is 2.42. The number of nitrogens with zero attached hydrogens (tertiary/aromatic N) is 2. The summed E-state index contributed by atoms with van der Waals surface area (Å²) in [5.74, 6) is 0.347. The first-order chi connectivity index (χ1) is 15.9. The van der Waals surface area contributed by atoms with Crippen LogP contribution >= 0.6 is 0 Å². The lowest BCUT2D eigenvalue weighted by Gasteiger charge is -2.17. The zero-order chi connectivity index (χ0) is 23.4. The number of aryl methyl sites for hydroxylation is 2. The van der Waals surface area contributed by atoms with Crippen LogP contribution < -0.4 is 15.6 Å². The first-order valence-corrected chi connectivity index (χ1v) is 11.0. The third kappa shape index (κ3) is 5.12. The average Bonchev–Trinajstić information content (AvgIpc) is 2.80. The zero-order valence-corrected chi connectivity index (χ0v) is 19.0. The standard InChI is InChI=1S/C27H27N3O3/c1-4-23(20-8-6-5-7-9-20)27(32)29-21-11-10-19(3)24(15-21)33-17-22-16-26(31)30-13-12-18(2)14-25(30)28-22/h5-16,23H,4,17H2,1-3H3,(H,29,32). The van der Waals surface area contributed by atoms with E-state index in [9.17, 15) is 9.59 Å². The van der Waals surface area contributed by atoms with Crippen molar-refractivity contribution in [3.8, 4) is 5.75 Å². The average molecular weight is 442 g/mol. The molecule has 0 saturated carbocycles. The molecule has 2 heterocycles. The molecule has 0 fully saturated rings. The molecule has 4 rings (SSSR count). The summed E-state index contributed by atoms with van der Waals surface area (Å²) in [4.78, 5) is 29.9. The second kappa shape index (κ2) is 9.69. The molecule has 33 heavy (non-hydrogen) atoms. The van der Waals surface area contributed by atoms with E-state index in [4.69, 9.17) is 4.74 Å². The van der Waals surface area contributed by atoms with Crippen molar-refractivity contribution in [3.63, 3.8) is 0 Å². The Morgan fingerprint density at radius 1 is 1.06 bits per heavy atom. The summed E-state index contributed by atoms with van der Waals surface area (Å²) in [5.41, 5.74) is 4.60. The fourth-order valence-electron chi connectivity index (χ4n) is 3.80. The van der Waals surface area contributed by atoms with Crippen LogP contribution in [0.5, 0.6) is 5.75 Å². The Labute approximate surface area is 192 Å². The fraction of sp³-hybridized carbons (Fsp3) is 0.222. The van der Waals surface area contributed by atoms with E-state index >= 15 is 0 Å². The van der Waals surface area contributed by atoms with Crippen LogP contribution in [-0.4, -0.2) is 15.3 Å². The van der Waals surface area contributed by atoms with E-state index in [-0.39, 0.29) is 24.0 Å². The number of rotatable bonds is 7. The molecule has 0 aliphatic rings. The van der Waals surface area contributed by atoms with E-state index in [0.29, 0.717) is 29.2 Å². The number of hydrogen-bond donors (Lipinski definition) is 1.